The number of piperazine rings is 1. The van der Waals surface area contributed by atoms with Crippen LogP contribution in [-0.4, -0.2) is 54.3 Å². The molecule has 0 aromatic carbocycles. The lowest BCUT2D eigenvalue weighted by Crippen LogP contribution is -2.46. The second-order valence-corrected chi connectivity index (χ2v) is 5.86. The van der Waals surface area contributed by atoms with Gasteiger partial charge in [0.2, 0.25) is 0 Å². The predicted molar refractivity (Wildman–Crippen MR) is 82.6 cm³/mol. The first-order valence-corrected chi connectivity index (χ1v) is 7.51. The summed E-state index contributed by atoms with van der Waals surface area (Å²) in [6, 6.07) is 0.785. The molecule has 1 saturated heterocycles. The maximum Gasteiger partial charge on any atom is 0.165 e. The number of imidazole rings is 1. The molecule has 2 aliphatic rings. The molecule has 120 valence electrons. The van der Waals surface area contributed by atoms with Gasteiger partial charge in [0.05, 0.1) is 18.6 Å². The van der Waals surface area contributed by atoms with Crippen LogP contribution in [0.2, 0.25) is 0 Å². The minimum Gasteiger partial charge on any atom is -0.337 e. The highest BCUT2D eigenvalue weighted by Gasteiger charge is 2.31. The van der Waals surface area contributed by atoms with E-state index in [1.165, 1.54) is 12.8 Å². The minimum atomic E-state index is 0. The first-order chi connectivity index (χ1) is 10.3. The normalized spacial score (nSPS) is 22.5. The summed E-state index contributed by atoms with van der Waals surface area (Å²) in [6.45, 7) is 3.67. The Morgan fingerprint density at radius 2 is 2.23 bits per heavy atom. The third-order valence-electron chi connectivity index (χ3n) is 4.31. The molecule has 0 spiro atoms. The minimum absolute atomic E-state index is 0. The topological polar surface area (TPSA) is 76.7 Å². The van der Waals surface area contributed by atoms with E-state index in [1.54, 1.807) is 0 Å². The maximum absolute atomic E-state index is 4.51. The Hall–Kier alpha value is -1.51. The molecule has 9 heteroatoms. The molecule has 3 heterocycles. The lowest BCUT2D eigenvalue weighted by atomic mass is 10.1. The summed E-state index contributed by atoms with van der Waals surface area (Å²) in [5.74, 6) is 2.06. The third kappa shape index (κ3) is 2.86. The number of rotatable bonds is 4. The number of aryl methyl sites for hydroxylation is 1. The van der Waals surface area contributed by atoms with Gasteiger partial charge in [-0.25, -0.2) is 9.67 Å². The SMILES string of the molecule is Cl.Cn1ccnc1C1CNCCN1Cc1nnnn1C1CC1. The van der Waals surface area contributed by atoms with Gasteiger partial charge in [0.15, 0.2) is 5.82 Å². The van der Waals surface area contributed by atoms with Gasteiger partial charge >= 0.3 is 0 Å². The van der Waals surface area contributed by atoms with E-state index in [1.807, 2.05) is 24.1 Å². The van der Waals surface area contributed by atoms with E-state index in [2.05, 4.69) is 35.3 Å². The standard InChI is InChI=1S/C13H20N8.ClH/c1-19-6-5-15-13(19)11-8-14-4-7-20(11)9-12-16-17-18-21(12)10-2-3-10;/h5-6,10-11,14H,2-4,7-9H2,1H3;1H. The predicted octanol–water partition coefficient (Wildman–Crippen LogP) is 0.310. The summed E-state index contributed by atoms with van der Waals surface area (Å²) in [7, 11) is 2.05. The quantitative estimate of drug-likeness (QED) is 0.872. The van der Waals surface area contributed by atoms with Crippen molar-refractivity contribution < 1.29 is 0 Å². The monoisotopic (exact) mass is 324 g/mol. The highest BCUT2D eigenvalue weighted by molar-refractivity contribution is 5.85. The Morgan fingerprint density at radius 3 is 2.95 bits per heavy atom. The molecular formula is C13H21ClN8. The fourth-order valence-corrected chi connectivity index (χ4v) is 2.99. The van der Waals surface area contributed by atoms with Crippen molar-refractivity contribution in [3.8, 4) is 0 Å². The molecule has 0 amide bonds. The average molecular weight is 325 g/mol. The van der Waals surface area contributed by atoms with Crippen LogP contribution in [0.15, 0.2) is 12.4 Å². The molecule has 2 fully saturated rings. The van der Waals surface area contributed by atoms with E-state index in [-0.39, 0.29) is 18.4 Å². The van der Waals surface area contributed by atoms with Crippen LogP contribution in [0.1, 0.15) is 36.6 Å². The molecule has 1 atom stereocenters. The van der Waals surface area contributed by atoms with Crippen molar-refractivity contribution in [1.82, 2.24) is 40.0 Å². The van der Waals surface area contributed by atoms with Crippen LogP contribution >= 0.6 is 12.4 Å². The lowest BCUT2D eigenvalue weighted by Gasteiger charge is -2.35. The summed E-state index contributed by atoms with van der Waals surface area (Å²) < 4.78 is 4.09. The number of nitrogens with zero attached hydrogens (tertiary/aromatic N) is 7. The Morgan fingerprint density at radius 1 is 1.36 bits per heavy atom. The van der Waals surface area contributed by atoms with Crippen LogP contribution in [0.3, 0.4) is 0 Å². The maximum atomic E-state index is 4.51. The molecule has 22 heavy (non-hydrogen) atoms. The molecule has 0 bridgehead atoms. The summed E-state index contributed by atoms with van der Waals surface area (Å²) in [6.07, 6.45) is 6.25. The van der Waals surface area contributed by atoms with Crippen LogP contribution < -0.4 is 5.32 Å². The van der Waals surface area contributed by atoms with E-state index in [4.69, 9.17) is 0 Å². The molecule has 0 radical (unpaired) electrons. The van der Waals surface area contributed by atoms with Crippen LogP contribution in [0.5, 0.6) is 0 Å². The number of aromatic nitrogens is 6. The van der Waals surface area contributed by atoms with Gasteiger partial charge in [-0.3, -0.25) is 4.90 Å². The van der Waals surface area contributed by atoms with Gasteiger partial charge in [0.1, 0.15) is 5.82 Å². The zero-order valence-electron chi connectivity index (χ0n) is 12.6. The van der Waals surface area contributed by atoms with Crippen molar-refractivity contribution in [2.24, 2.45) is 7.05 Å². The van der Waals surface area contributed by atoms with Gasteiger partial charge in [0.25, 0.3) is 0 Å². The van der Waals surface area contributed by atoms with Gasteiger partial charge in [-0.15, -0.1) is 17.5 Å². The number of nitrogens with one attached hydrogen (secondary N) is 1. The molecule has 4 rings (SSSR count). The summed E-state index contributed by atoms with van der Waals surface area (Å²) in [5.41, 5.74) is 0. The molecule has 2 aromatic heterocycles. The van der Waals surface area contributed by atoms with Gasteiger partial charge in [0, 0.05) is 39.1 Å². The van der Waals surface area contributed by atoms with E-state index >= 15 is 0 Å². The molecular weight excluding hydrogens is 304 g/mol. The highest BCUT2D eigenvalue weighted by Crippen LogP contribution is 2.35. The molecule has 1 unspecified atom stereocenters. The molecule has 8 nitrogen and oxygen atoms in total. The highest BCUT2D eigenvalue weighted by atomic mass is 35.5. The molecule has 1 aliphatic carbocycles. The summed E-state index contributed by atoms with van der Waals surface area (Å²) in [5, 5.41) is 15.7. The van der Waals surface area contributed by atoms with Crippen molar-refractivity contribution >= 4 is 12.4 Å². The van der Waals surface area contributed by atoms with Crippen molar-refractivity contribution in [3.05, 3.63) is 24.0 Å². The lowest BCUT2D eigenvalue weighted by molar-refractivity contribution is 0.138. The van der Waals surface area contributed by atoms with Gasteiger partial charge < -0.3 is 9.88 Å². The first kappa shape index (κ1) is 15.4. The average Bonchev–Trinajstić information content (AvgIpc) is 3.09. The van der Waals surface area contributed by atoms with Gasteiger partial charge in [-0.2, -0.15) is 0 Å². The number of hydrogen-bond donors (Lipinski definition) is 1. The van der Waals surface area contributed by atoms with Crippen LogP contribution in [0.25, 0.3) is 0 Å². The largest absolute Gasteiger partial charge is 0.337 e. The van der Waals surface area contributed by atoms with Crippen molar-refractivity contribution in [2.45, 2.75) is 31.5 Å². The van der Waals surface area contributed by atoms with E-state index in [0.29, 0.717) is 6.04 Å². The number of hydrogen-bond acceptors (Lipinski definition) is 6. The Kier molecular flexibility index (Phi) is 4.42. The van der Waals surface area contributed by atoms with Crippen molar-refractivity contribution in [3.63, 3.8) is 0 Å². The number of tetrazole rings is 1. The molecule has 1 N–H and O–H groups in total. The fourth-order valence-electron chi connectivity index (χ4n) is 2.99. The van der Waals surface area contributed by atoms with E-state index < -0.39 is 0 Å². The van der Waals surface area contributed by atoms with Gasteiger partial charge in [-0.1, -0.05) is 0 Å². The second kappa shape index (κ2) is 6.31. The molecule has 1 aliphatic heterocycles. The summed E-state index contributed by atoms with van der Waals surface area (Å²) in [4.78, 5) is 6.93. The Labute approximate surface area is 135 Å². The van der Waals surface area contributed by atoms with Crippen molar-refractivity contribution in [1.29, 1.82) is 0 Å². The number of halogens is 1. The van der Waals surface area contributed by atoms with E-state index in [0.717, 1.165) is 37.8 Å². The van der Waals surface area contributed by atoms with E-state index in [9.17, 15) is 0 Å². The fraction of sp³-hybridized carbons (Fsp3) is 0.692. The summed E-state index contributed by atoms with van der Waals surface area (Å²) >= 11 is 0. The van der Waals surface area contributed by atoms with Gasteiger partial charge in [-0.05, 0) is 23.3 Å². The van der Waals surface area contributed by atoms with Crippen LogP contribution in [0.4, 0.5) is 0 Å². The van der Waals surface area contributed by atoms with Crippen LogP contribution in [0, 0.1) is 0 Å². The third-order valence-corrected chi connectivity index (χ3v) is 4.31. The zero-order valence-corrected chi connectivity index (χ0v) is 13.4. The first-order valence-electron chi connectivity index (χ1n) is 7.51. The Balaban J connectivity index is 0.00000144. The Bertz CT molecular complexity index is 619. The zero-order chi connectivity index (χ0) is 14.2. The molecule has 2 aromatic rings. The smallest absolute Gasteiger partial charge is 0.165 e. The van der Waals surface area contributed by atoms with Crippen LogP contribution in [-0.2, 0) is 13.6 Å². The van der Waals surface area contributed by atoms with Crippen molar-refractivity contribution in [2.75, 3.05) is 19.6 Å². The molecule has 1 saturated carbocycles. The second-order valence-electron chi connectivity index (χ2n) is 5.86.